The SMILES string of the molecule is CCC(C(N)=O)N1C(=O)C=CC1=O. The lowest BCUT2D eigenvalue weighted by molar-refractivity contribution is -0.144. The number of amides is 3. The molecule has 0 aromatic heterocycles. The second kappa shape index (κ2) is 3.38. The number of primary amides is 1. The van der Waals surface area contributed by atoms with Crippen molar-refractivity contribution in [2.75, 3.05) is 0 Å². The molecule has 0 radical (unpaired) electrons. The van der Waals surface area contributed by atoms with Crippen LogP contribution < -0.4 is 5.73 Å². The van der Waals surface area contributed by atoms with Gasteiger partial charge in [-0.05, 0) is 6.42 Å². The van der Waals surface area contributed by atoms with Crippen LogP contribution in [0, 0.1) is 0 Å². The highest BCUT2D eigenvalue weighted by Crippen LogP contribution is 2.11. The zero-order valence-electron chi connectivity index (χ0n) is 7.19. The monoisotopic (exact) mass is 182 g/mol. The predicted octanol–water partition coefficient (Wildman–Crippen LogP) is -0.825. The molecule has 0 aromatic rings. The fourth-order valence-corrected chi connectivity index (χ4v) is 1.23. The summed E-state index contributed by atoms with van der Waals surface area (Å²) in [6.07, 6.45) is 2.61. The molecule has 1 heterocycles. The van der Waals surface area contributed by atoms with E-state index in [2.05, 4.69) is 0 Å². The summed E-state index contributed by atoms with van der Waals surface area (Å²) in [7, 11) is 0. The molecule has 70 valence electrons. The van der Waals surface area contributed by atoms with Gasteiger partial charge in [-0.1, -0.05) is 6.92 Å². The molecule has 0 saturated carbocycles. The largest absolute Gasteiger partial charge is 0.368 e. The van der Waals surface area contributed by atoms with Gasteiger partial charge in [0.25, 0.3) is 11.8 Å². The molecule has 0 spiro atoms. The lowest BCUT2D eigenvalue weighted by Crippen LogP contribution is -2.47. The number of carbonyl (C=O) groups excluding carboxylic acids is 3. The van der Waals surface area contributed by atoms with E-state index in [1.807, 2.05) is 0 Å². The molecule has 13 heavy (non-hydrogen) atoms. The molecule has 1 aliphatic rings. The Balaban J connectivity index is 2.87. The van der Waals surface area contributed by atoms with Crippen molar-refractivity contribution in [3.8, 4) is 0 Å². The lowest BCUT2D eigenvalue weighted by Gasteiger charge is -2.21. The van der Waals surface area contributed by atoms with Crippen molar-refractivity contribution in [3.05, 3.63) is 12.2 Å². The highest BCUT2D eigenvalue weighted by molar-refractivity contribution is 6.14. The molecule has 1 rings (SSSR count). The maximum atomic E-state index is 11.1. The van der Waals surface area contributed by atoms with Crippen LogP contribution in [0.15, 0.2) is 12.2 Å². The number of hydrogen-bond donors (Lipinski definition) is 1. The Hall–Kier alpha value is -1.65. The first-order valence-electron chi connectivity index (χ1n) is 3.92. The van der Waals surface area contributed by atoms with Crippen molar-refractivity contribution in [2.24, 2.45) is 5.73 Å². The second-order valence-electron chi connectivity index (χ2n) is 2.71. The molecule has 1 aliphatic heterocycles. The van der Waals surface area contributed by atoms with E-state index in [1.54, 1.807) is 6.92 Å². The molecule has 2 N–H and O–H groups in total. The number of rotatable bonds is 3. The summed E-state index contributed by atoms with van der Waals surface area (Å²) in [4.78, 5) is 33.9. The molecule has 0 aliphatic carbocycles. The third-order valence-electron chi connectivity index (χ3n) is 1.87. The zero-order valence-corrected chi connectivity index (χ0v) is 7.19. The molecule has 0 bridgehead atoms. The van der Waals surface area contributed by atoms with Crippen LogP contribution in [-0.4, -0.2) is 28.7 Å². The normalized spacial score (nSPS) is 18.1. The van der Waals surface area contributed by atoms with Crippen molar-refractivity contribution in [2.45, 2.75) is 19.4 Å². The molecule has 3 amide bonds. The Bertz CT molecular complexity index is 278. The summed E-state index contributed by atoms with van der Waals surface area (Å²) < 4.78 is 0. The second-order valence-corrected chi connectivity index (χ2v) is 2.71. The average molecular weight is 182 g/mol. The molecule has 0 fully saturated rings. The summed E-state index contributed by atoms with van der Waals surface area (Å²) >= 11 is 0. The molecular weight excluding hydrogens is 172 g/mol. The third-order valence-corrected chi connectivity index (χ3v) is 1.87. The van der Waals surface area contributed by atoms with Crippen LogP contribution in [0.3, 0.4) is 0 Å². The van der Waals surface area contributed by atoms with Crippen LogP contribution in [-0.2, 0) is 14.4 Å². The van der Waals surface area contributed by atoms with Crippen molar-refractivity contribution < 1.29 is 14.4 Å². The molecule has 0 saturated heterocycles. The van der Waals surface area contributed by atoms with Crippen LogP contribution in [0.4, 0.5) is 0 Å². The van der Waals surface area contributed by atoms with E-state index in [1.165, 1.54) is 0 Å². The van der Waals surface area contributed by atoms with E-state index in [0.29, 0.717) is 6.42 Å². The van der Waals surface area contributed by atoms with Gasteiger partial charge >= 0.3 is 0 Å². The zero-order chi connectivity index (χ0) is 10.0. The molecule has 1 atom stereocenters. The van der Waals surface area contributed by atoms with Crippen molar-refractivity contribution >= 4 is 17.7 Å². The van der Waals surface area contributed by atoms with Gasteiger partial charge in [0.2, 0.25) is 5.91 Å². The van der Waals surface area contributed by atoms with E-state index in [4.69, 9.17) is 5.73 Å². The summed E-state index contributed by atoms with van der Waals surface area (Å²) in [6, 6.07) is -0.824. The Morgan fingerprint density at radius 1 is 1.46 bits per heavy atom. The first-order valence-corrected chi connectivity index (χ1v) is 3.92. The third kappa shape index (κ3) is 1.58. The molecule has 0 aromatic carbocycles. The van der Waals surface area contributed by atoms with Crippen LogP contribution in [0.25, 0.3) is 0 Å². The first-order chi connectivity index (χ1) is 6.07. The van der Waals surface area contributed by atoms with Gasteiger partial charge in [0.15, 0.2) is 0 Å². The number of imide groups is 1. The minimum absolute atomic E-state index is 0.342. The van der Waals surface area contributed by atoms with Crippen LogP contribution in [0.5, 0.6) is 0 Å². The minimum Gasteiger partial charge on any atom is -0.368 e. The number of hydrogen-bond acceptors (Lipinski definition) is 3. The van der Waals surface area contributed by atoms with E-state index in [-0.39, 0.29) is 0 Å². The van der Waals surface area contributed by atoms with Gasteiger partial charge in [0, 0.05) is 12.2 Å². The van der Waals surface area contributed by atoms with Gasteiger partial charge in [-0.2, -0.15) is 0 Å². The fraction of sp³-hybridized carbons (Fsp3) is 0.375. The number of nitrogens with zero attached hydrogens (tertiary/aromatic N) is 1. The fourth-order valence-electron chi connectivity index (χ4n) is 1.23. The van der Waals surface area contributed by atoms with Gasteiger partial charge in [0.05, 0.1) is 0 Å². The smallest absolute Gasteiger partial charge is 0.254 e. The summed E-state index contributed by atoms with van der Waals surface area (Å²) in [5.41, 5.74) is 5.04. The summed E-state index contributed by atoms with van der Waals surface area (Å²) in [5, 5.41) is 0. The standard InChI is InChI=1S/C8H10N2O3/c1-2-5(8(9)13)10-6(11)3-4-7(10)12/h3-5H,2H2,1H3,(H2,9,13). The average Bonchev–Trinajstić information content (AvgIpc) is 2.36. The van der Waals surface area contributed by atoms with Crippen LogP contribution in [0.1, 0.15) is 13.3 Å². The molecule has 5 nitrogen and oxygen atoms in total. The Morgan fingerprint density at radius 2 is 1.92 bits per heavy atom. The summed E-state index contributed by atoms with van der Waals surface area (Å²) in [6.45, 7) is 1.69. The highest BCUT2D eigenvalue weighted by atomic mass is 16.2. The Morgan fingerprint density at radius 3 is 2.23 bits per heavy atom. The predicted molar refractivity (Wildman–Crippen MR) is 44.3 cm³/mol. The van der Waals surface area contributed by atoms with E-state index in [0.717, 1.165) is 17.1 Å². The molecule has 1 unspecified atom stereocenters. The molecule has 5 heteroatoms. The molecular formula is C8H10N2O3. The van der Waals surface area contributed by atoms with Crippen molar-refractivity contribution in [3.63, 3.8) is 0 Å². The van der Waals surface area contributed by atoms with Gasteiger partial charge in [0.1, 0.15) is 6.04 Å². The van der Waals surface area contributed by atoms with Crippen LogP contribution in [0.2, 0.25) is 0 Å². The Kier molecular flexibility index (Phi) is 2.46. The van der Waals surface area contributed by atoms with Crippen LogP contribution >= 0.6 is 0 Å². The van der Waals surface area contributed by atoms with E-state index < -0.39 is 23.8 Å². The maximum absolute atomic E-state index is 11.1. The quantitative estimate of drug-likeness (QED) is 0.579. The van der Waals surface area contributed by atoms with Gasteiger partial charge in [-0.25, -0.2) is 0 Å². The topological polar surface area (TPSA) is 80.5 Å². The summed E-state index contributed by atoms with van der Waals surface area (Å²) in [5.74, 6) is -1.61. The van der Waals surface area contributed by atoms with Gasteiger partial charge < -0.3 is 5.73 Å². The minimum atomic E-state index is -0.824. The van der Waals surface area contributed by atoms with E-state index >= 15 is 0 Å². The van der Waals surface area contributed by atoms with Gasteiger partial charge in [-0.15, -0.1) is 0 Å². The first kappa shape index (κ1) is 9.44. The lowest BCUT2D eigenvalue weighted by atomic mass is 10.2. The Labute approximate surface area is 75.2 Å². The van der Waals surface area contributed by atoms with E-state index in [9.17, 15) is 14.4 Å². The van der Waals surface area contributed by atoms with Crippen molar-refractivity contribution in [1.82, 2.24) is 4.90 Å². The maximum Gasteiger partial charge on any atom is 0.254 e. The van der Waals surface area contributed by atoms with Gasteiger partial charge in [-0.3, -0.25) is 19.3 Å². The number of carbonyl (C=O) groups is 3. The number of nitrogens with two attached hydrogens (primary N) is 1. The highest BCUT2D eigenvalue weighted by Gasteiger charge is 2.33. The van der Waals surface area contributed by atoms with Crippen molar-refractivity contribution in [1.29, 1.82) is 0 Å².